The highest BCUT2D eigenvalue weighted by Gasteiger charge is 2.13. The van der Waals surface area contributed by atoms with Crippen molar-refractivity contribution in [2.45, 2.75) is 6.54 Å². The molecule has 0 saturated heterocycles. The van der Waals surface area contributed by atoms with Crippen LogP contribution in [-0.4, -0.2) is 15.2 Å². The van der Waals surface area contributed by atoms with Gasteiger partial charge < -0.3 is 10.2 Å². The lowest BCUT2D eigenvalue weighted by Gasteiger charge is -2.24. The second-order valence-electron chi connectivity index (χ2n) is 6.18. The van der Waals surface area contributed by atoms with Gasteiger partial charge in [0.15, 0.2) is 5.82 Å². The van der Waals surface area contributed by atoms with E-state index in [4.69, 9.17) is 0 Å². The number of aromatic nitrogens is 3. The van der Waals surface area contributed by atoms with E-state index in [0.717, 1.165) is 11.3 Å². The third kappa shape index (κ3) is 4.29. The zero-order valence-electron chi connectivity index (χ0n) is 15.0. The van der Waals surface area contributed by atoms with E-state index in [9.17, 15) is 4.39 Å². The molecule has 0 aliphatic carbocycles. The Labute approximate surface area is 162 Å². The molecule has 0 amide bonds. The molecule has 0 fully saturated rings. The summed E-state index contributed by atoms with van der Waals surface area (Å²) in [6.45, 7) is 0.638. The number of anilines is 4. The molecule has 28 heavy (non-hydrogen) atoms. The second-order valence-corrected chi connectivity index (χ2v) is 6.18. The Bertz CT molecular complexity index is 1020. The molecular weight excluding hydrogens is 353 g/mol. The Balaban J connectivity index is 1.65. The molecule has 0 unspecified atom stereocenters. The summed E-state index contributed by atoms with van der Waals surface area (Å²) < 4.78 is 13.1. The monoisotopic (exact) mass is 371 g/mol. The van der Waals surface area contributed by atoms with Crippen molar-refractivity contribution >= 4 is 23.1 Å². The van der Waals surface area contributed by atoms with E-state index in [1.54, 1.807) is 18.3 Å². The highest BCUT2D eigenvalue weighted by molar-refractivity contribution is 5.61. The van der Waals surface area contributed by atoms with Crippen molar-refractivity contribution in [1.29, 1.82) is 0 Å². The molecular formula is C22H18FN5. The zero-order chi connectivity index (χ0) is 19.2. The maximum atomic E-state index is 13.1. The van der Waals surface area contributed by atoms with E-state index in [0.29, 0.717) is 24.0 Å². The molecule has 0 aliphatic heterocycles. The number of hydrogen-bond donors (Lipinski definition) is 1. The first-order valence-corrected chi connectivity index (χ1v) is 8.87. The Morgan fingerprint density at radius 2 is 1.50 bits per heavy atom. The number of nitrogens with one attached hydrogen (secondary N) is 1. The quantitative estimate of drug-likeness (QED) is 0.511. The van der Waals surface area contributed by atoms with E-state index in [-0.39, 0.29) is 5.82 Å². The maximum Gasteiger partial charge on any atom is 0.249 e. The van der Waals surface area contributed by atoms with Crippen LogP contribution >= 0.6 is 0 Å². The summed E-state index contributed by atoms with van der Waals surface area (Å²) in [5.74, 6) is 0.712. The Kier molecular flexibility index (Phi) is 5.20. The minimum atomic E-state index is -0.295. The van der Waals surface area contributed by atoms with Gasteiger partial charge in [-0.1, -0.05) is 48.5 Å². The van der Waals surface area contributed by atoms with Gasteiger partial charge in [0.05, 0.1) is 6.20 Å². The molecule has 5 nitrogen and oxygen atoms in total. The summed E-state index contributed by atoms with van der Waals surface area (Å²) in [6, 6.07) is 26.2. The molecule has 0 saturated carbocycles. The Morgan fingerprint density at radius 3 is 2.21 bits per heavy atom. The predicted molar refractivity (Wildman–Crippen MR) is 108 cm³/mol. The van der Waals surface area contributed by atoms with Crippen molar-refractivity contribution in [2.75, 3.05) is 10.2 Å². The van der Waals surface area contributed by atoms with Gasteiger partial charge in [0.25, 0.3) is 0 Å². The third-order valence-corrected chi connectivity index (χ3v) is 4.17. The summed E-state index contributed by atoms with van der Waals surface area (Å²) in [6.07, 6.45) is 1.63. The van der Waals surface area contributed by atoms with Gasteiger partial charge in [-0.05, 0) is 42.0 Å². The fourth-order valence-electron chi connectivity index (χ4n) is 2.82. The van der Waals surface area contributed by atoms with Gasteiger partial charge in [0, 0.05) is 17.9 Å². The number of nitrogens with zero attached hydrogens (tertiary/aromatic N) is 4. The van der Waals surface area contributed by atoms with Crippen LogP contribution in [0.25, 0.3) is 0 Å². The van der Waals surface area contributed by atoms with Gasteiger partial charge in [0.1, 0.15) is 5.82 Å². The normalized spacial score (nSPS) is 10.5. The summed E-state index contributed by atoms with van der Waals surface area (Å²) in [5.41, 5.74) is 2.84. The van der Waals surface area contributed by atoms with Crippen LogP contribution in [0.1, 0.15) is 5.56 Å². The average molecular weight is 371 g/mol. The molecule has 6 heteroatoms. The minimum absolute atomic E-state index is 0.295. The molecule has 0 bridgehead atoms. The molecule has 0 radical (unpaired) electrons. The van der Waals surface area contributed by atoms with Crippen molar-refractivity contribution in [1.82, 2.24) is 15.2 Å². The van der Waals surface area contributed by atoms with Crippen molar-refractivity contribution in [3.8, 4) is 0 Å². The predicted octanol–water partition coefficient (Wildman–Crippen LogP) is 5.09. The van der Waals surface area contributed by atoms with Crippen LogP contribution in [0.5, 0.6) is 0 Å². The van der Waals surface area contributed by atoms with Gasteiger partial charge in [-0.2, -0.15) is 10.1 Å². The van der Waals surface area contributed by atoms with Crippen molar-refractivity contribution in [3.63, 3.8) is 0 Å². The van der Waals surface area contributed by atoms with E-state index >= 15 is 0 Å². The lowest BCUT2D eigenvalue weighted by Crippen LogP contribution is -2.18. The largest absolute Gasteiger partial charge is 0.323 e. The second kappa shape index (κ2) is 8.26. The number of rotatable bonds is 6. The molecule has 3 aromatic carbocycles. The first-order chi connectivity index (χ1) is 13.8. The summed E-state index contributed by atoms with van der Waals surface area (Å²) in [4.78, 5) is 6.68. The van der Waals surface area contributed by atoms with Crippen LogP contribution in [0.4, 0.5) is 27.5 Å². The van der Waals surface area contributed by atoms with E-state index < -0.39 is 0 Å². The van der Waals surface area contributed by atoms with Crippen LogP contribution in [0.2, 0.25) is 0 Å². The van der Waals surface area contributed by atoms with Gasteiger partial charge in [-0.3, -0.25) is 0 Å². The molecule has 0 aliphatic rings. The first kappa shape index (κ1) is 17.6. The number of hydrogen-bond acceptors (Lipinski definition) is 5. The standard InChI is InChI=1S/C22H18FN5/c23-18-11-13-19(14-12-18)25-22-26-21(15-24-27-22)28(20-9-5-2-6-10-20)16-17-7-3-1-4-8-17/h1-15H,16H2,(H,25,26,27). The summed E-state index contributed by atoms with van der Waals surface area (Å²) >= 11 is 0. The maximum absolute atomic E-state index is 13.1. The van der Waals surface area contributed by atoms with Crippen LogP contribution in [0.15, 0.2) is 91.1 Å². The number of halogens is 1. The van der Waals surface area contributed by atoms with Crippen molar-refractivity contribution < 1.29 is 4.39 Å². The number of para-hydroxylation sites is 1. The zero-order valence-corrected chi connectivity index (χ0v) is 15.0. The summed E-state index contributed by atoms with van der Waals surface area (Å²) in [7, 11) is 0. The number of benzene rings is 3. The molecule has 1 heterocycles. The molecule has 138 valence electrons. The highest BCUT2D eigenvalue weighted by Crippen LogP contribution is 2.26. The lowest BCUT2D eigenvalue weighted by atomic mass is 10.2. The third-order valence-electron chi connectivity index (χ3n) is 4.17. The van der Waals surface area contributed by atoms with E-state index in [1.807, 2.05) is 48.5 Å². The Hall–Kier alpha value is -3.80. The van der Waals surface area contributed by atoms with Gasteiger partial charge in [-0.25, -0.2) is 4.39 Å². The van der Waals surface area contributed by atoms with E-state index in [1.165, 1.54) is 12.1 Å². The highest BCUT2D eigenvalue weighted by atomic mass is 19.1. The van der Waals surface area contributed by atoms with Gasteiger partial charge in [0.2, 0.25) is 5.95 Å². The molecule has 1 N–H and O–H groups in total. The fourth-order valence-corrected chi connectivity index (χ4v) is 2.82. The molecule has 4 rings (SSSR count). The molecule has 0 spiro atoms. The molecule has 0 atom stereocenters. The van der Waals surface area contributed by atoms with Crippen LogP contribution in [-0.2, 0) is 6.54 Å². The smallest absolute Gasteiger partial charge is 0.249 e. The fraction of sp³-hybridized carbons (Fsp3) is 0.0455. The summed E-state index contributed by atoms with van der Waals surface area (Å²) in [5, 5.41) is 11.2. The minimum Gasteiger partial charge on any atom is -0.323 e. The van der Waals surface area contributed by atoms with Crippen LogP contribution in [0.3, 0.4) is 0 Å². The molecule has 4 aromatic rings. The first-order valence-electron chi connectivity index (χ1n) is 8.87. The van der Waals surface area contributed by atoms with Gasteiger partial charge >= 0.3 is 0 Å². The molecule has 1 aromatic heterocycles. The van der Waals surface area contributed by atoms with E-state index in [2.05, 4.69) is 37.5 Å². The topological polar surface area (TPSA) is 53.9 Å². The van der Waals surface area contributed by atoms with Crippen molar-refractivity contribution in [3.05, 3.63) is 103 Å². The van der Waals surface area contributed by atoms with Crippen molar-refractivity contribution in [2.24, 2.45) is 0 Å². The SMILES string of the molecule is Fc1ccc(Nc2nncc(N(Cc3ccccc3)c3ccccc3)n2)cc1. The average Bonchev–Trinajstić information content (AvgIpc) is 2.75. The lowest BCUT2D eigenvalue weighted by molar-refractivity contribution is 0.628. The van der Waals surface area contributed by atoms with Gasteiger partial charge in [-0.15, -0.1) is 5.10 Å². The Morgan fingerprint density at radius 1 is 0.821 bits per heavy atom. The van der Waals surface area contributed by atoms with Crippen LogP contribution in [0, 0.1) is 5.82 Å². The van der Waals surface area contributed by atoms with Crippen LogP contribution < -0.4 is 10.2 Å².